The van der Waals surface area contributed by atoms with E-state index in [0.717, 1.165) is 48.0 Å². The molecular weight excluding hydrogens is 338 g/mol. The Hall–Kier alpha value is -1.60. The average Bonchev–Trinajstić information content (AvgIpc) is 2.97. The van der Waals surface area contributed by atoms with E-state index >= 15 is 0 Å². The summed E-state index contributed by atoms with van der Waals surface area (Å²) in [6, 6.07) is 3.46. The molecular formula is C14H16BrN3O3. The molecule has 3 rings (SSSR count). The Balaban J connectivity index is 1.91. The fourth-order valence-electron chi connectivity index (χ4n) is 2.69. The number of fused-ring (bicyclic) bond motifs is 1. The van der Waals surface area contributed by atoms with Gasteiger partial charge >= 0.3 is 0 Å². The first-order chi connectivity index (χ1) is 10.2. The van der Waals surface area contributed by atoms with Gasteiger partial charge < -0.3 is 15.0 Å². The first-order valence-electron chi connectivity index (χ1n) is 6.92. The number of anilines is 1. The molecule has 112 valence electrons. The van der Waals surface area contributed by atoms with E-state index in [0.29, 0.717) is 11.6 Å². The summed E-state index contributed by atoms with van der Waals surface area (Å²) >= 11 is 3.39. The zero-order chi connectivity index (χ0) is 14.8. The second-order valence-corrected chi connectivity index (χ2v) is 6.07. The molecule has 0 spiro atoms. The van der Waals surface area contributed by atoms with Gasteiger partial charge in [0.25, 0.3) is 5.69 Å². The minimum Gasteiger partial charge on any atom is -0.381 e. The Bertz CT molecular complexity index is 665. The lowest BCUT2D eigenvalue weighted by Crippen LogP contribution is -2.23. The van der Waals surface area contributed by atoms with E-state index in [1.165, 1.54) is 0 Å². The van der Waals surface area contributed by atoms with Crippen molar-refractivity contribution < 1.29 is 9.66 Å². The van der Waals surface area contributed by atoms with Crippen LogP contribution in [0.2, 0.25) is 0 Å². The molecule has 0 amide bonds. The number of halogens is 1. The number of nitrogens with zero attached hydrogens (tertiary/aromatic N) is 1. The van der Waals surface area contributed by atoms with Crippen molar-refractivity contribution in [3.8, 4) is 0 Å². The van der Waals surface area contributed by atoms with Gasteiger partial charge in [-0.15, -0.1) is 0 Å². The quantitative estimate of drug-likeness (QED) is 0.648. The van der Waals surface area contributed by atoms with Crippen LogP contribution in [0.15, 0.2) is 22.8 Å². The van der Waals surface area contributed by atoms with Crippen molar-refractivity contribution >= 4 is 38.2 Å². The smallest absolute Gasteiger partial charge is 0.295 e. The fourth-order valence-corrected chi connectivity index (χ4v) is 3.24. The van der Waals surface area contributed by atoms with Gasteiger partial charge in [-0.2, -0.15) is 0 Å². The fraction of sp³-hybridized carbons (Fsp3) is 0.429. The highest BCUT2D eigenvalue weighted by Crippen LogP contribution is 2.37. The Morgan fingerprint density at radius 1 is 1.48 bits per heavy atom. The number of nitro groups is 1. The van der Waals surface area contributed by atoms with Crippen LogP contribution in [0.4, 0.5) is 11.4 Å². The summed E-state index contributed by atoms with van der Waals surface area (Å²) in [5.74, 6) is 0.493. The van der Waals surface area contributed by atoms with Gasteiger partial charge in [0, 0.05) is 41.9 Å². The Kier molecular flexibility index (Phi) is 4.12. The van der Waals surface area contributed by atoms with Crippen molar-refractivity contribution in [3.63, 3.8) is 0 Å². The Labute approximate surface area is 130 Å². The van der Waals surface area contributed by atoms with Crippen molar-refractivity contribution in [2.45, 2.75) is 12.8 Å². The Morgan fingerprint density at radius 3 is 2.95 bits per heavy atom. The molecule has 1 aliphatic heterocycles. The number of hydrogen-bond acceptors (Lipinski definition) is 4. The van der Waals surface area contributed by atoms with E-state index in [2.05, 4.69) is 26.2 Å². The summed E-state index contributed by atoms with van der Waals surface area (Å²) in [5, 5.41) is 15.5. The molecule has 0 atom stereocenters. The number of aromatic nitrogens is 1. The van der Waals surface area contributed by atoms with Gasteiger partial charge in [0.15, 0.2) is 0 Å². The summed E-state index contributed by atoms with van der Waals surface area (Å²) in [4.78, 5) is 14.0. The van der Waals surface area contributed by atoms with Crippen molar-refractivity contribution in [2.24, 2.45) is 5.92 Å². The zero-order valence-corrected chi connectivity index (χ0v) is 13.0. The minimum atomic E-state index is -0.350. The van der Waals surface area contributed by atoms with Crippen LogP contribution >= 0.6 is 15.9 Å². The van der Waals surface area contributed by atoms with E-state index in [9.17, 15) is 10.1 Å². The van der Waals surface area contributed by atoms with Crippen molar-refractivity contribution in [2.75, 3.05) is 25.1 Å². The van der Waals surface area contributed by atoms with Gasteiger partial charge in [-0.1, -0.05) is 0 Å². The highest BCUT2D eigenvalue weighted by atomic mass is 79.9. The van der Waals surface area contributed by atoms with Gasteiger partial charge in [0.1, 0.15) is 5.69 Å². The molecule has 1 saturated heterocycles. The maximum Gasteiger partial charge on any atom is 0.295 e. The maximum absolute atomic E-state index is 11.3. The first kappa shape index (κ1) is 14.3. The van der Waals surface area contributed by atoms with Crippen LogP contribution < -0.4 is 5.32 Å². The van der Waals surface area contributed by atoms with E-state index in [4.69, 9.17) is 4.74 Å². The number of rotatable bonds is 4. The number of benzene rings is 1. The Morgan fingerprint density at radius 2 is 2.24 bits per heavy atom. The van der Waals surface area contributed by atoms with Crippen LogP contribution in [0, 0.1) is 16.0 Å². The third-order valence-electron chi connectivity index (χ3n) is 3.88. The van der Waals surface area contributed by atoms with Gasteiger partial charge in [-0.25, -0.2) is 0 Å². The SMILES string of the molecule is O=[N+]([O-])c1cc(Br)c2cc[nH]c2c1NCC1CCOCC1. The predicted molar refractivity (Wildman–Crippen MR) is 84.7 cm³/mol. The third kappa shape index (κ3) is 2.89. The van der Waals surface area contributed by atoms with Crippen LogP contribution in [0.25, 0.3) is 10.9 Å². The van der Waals surface area contributed by atoms with E-state index < -0.39 is 0 Å². The first-order valence-corrected chi connectivity index (χ1v) is 7.71. The number of ether oxygens (including phenoxy) is 1. The standard InChI is InChI=1S/C14H16BrN3O3/c15-11-7-12(18(19)20)14(13-10(11)1-4-16-13)17-8-9-2-5-21-6-3-9/h1,4,7,9,16-17H,2-3,5-6,8H2. The molecule has 0 radical (unpaired) electrons. The molecule has 21 heavy (non-hydrogen) atoms. The van der Waals surface area contributed by atoms with E-state index in [-0.39, 0.29) is 10.6 Å². The minimum absolute atomic E-state index is 0.0869. The monoisotopic (exact) mass is 353 g/mol. The summed E-state index contributed by atoms with van der Waals surface area (Å²) in [6.45, 7) is 2.26. The topological polar surface area (TPSA) is 80.2 Å². The van der Waals surface area contributed by atoms with Crippen molar-refractivity contribution in [3.05, 3.63) is 32.9 Å². The number of H-pyrrole nitrogens is 1. The summed E-state index contributed by atoms with van der Waals surface area (Å²) < 4.78 is 6.06. The molecule has 0 aliphatic carbocycles. The molecule has 0 saturated carbocycles. The molecule has 6 nitrogen and oxygen atoms in total. The number of nitro benzene ring substituents is 1. The summed E-state index contributed by atoms with van der Waals surface area (Å²) in [7, 11) is 0. The van der Waals surface area contributed by atoms with Crippen LogP contribution in [0.1, 0.15) is 12.8 Å². The summed E-state index contributed by atoms with van der Waals surface area (Å²) in [6.07, 6.45) is 3.77. The van der Waals surface area contributed by atoms with Gasteiger partial charge in [-0.3, -0.25) is 10.1 Å². The predicted octanol–water partition coefficient (Wildman–Crippen LogP) is 3.68. The van der Waals surface area contributed by atoms with Gasteiger partial charge in [0.2, 0.25) is 0 Å². The lowest BCUT2D eigenvalue weighted by molar-refractivity contribution is -0.383. The van der Waals surface area contributed by atoms with Crippen LogP contribution in [0.3, 0.4) is 0 Å². The molecule has 2 N–H and O–H groups in total. The summed E-state index contributed by atoms with van der Waals surface area (Å²) in [5.41, 5.74) is 1.42. The van der Waals surface area contributed by atoms with Crippen LogP contribution in [0.5, 0.6) is 0 Å². The molecule has 1 fully saturated rings. The lowest BCUT2D eigenvalue weighted by Gasteiger charge is -2.22. The molecule has 2 aromatic rings. The number of aromatic amines is 1. The van der Waals surface area contributed by atoms with Gasteiger partial charge in [0.05, 0.1) is 10.4 Å². The number of hydrogen-bond donors (Lipinski definition) is 2. The van der Waals surface area contributed by atoms with Crippen LogP contribution in [-0.2, 0) is 4.74 Å². The van der Waals surface area contributed by atoms with E-state index in [1.54, 1.807) is 12.3 Å². The normalized spacial score (nSPS) is 16.2. The molecule has 1 aliphatic rings. The second kappa shape index (κ2) is 6.03. The highest BCUT2D eigenvalue weighted by molar-refractivity contribution is 9.10. The van der Waals surface area contributed by atoms with Crippen LogP contribution in [-0.4, -0.2) is 29.7 Å². The average molecular weight is 354 g/mol. The molecule has 1 aromatic carbocycles. The molecule has 0 unspecified atom stereocenters. The number of nitrogens with one attached hydrogen (secondary N) is 2. The van der Waals surface area contributed by atoms with Crippen molar-refractivity contribution in [1.29, 1.82) is 0 Å². The molecule has 0 bridgehead atoms. The highest BCUT2D eigenvalue weighted by Gasteiger charge is 2.22. The van der Waals surface area contributed by atoms with Crippen molar-refractivity contribution in [1.82, 2.24) is 4.98 Å². The van der Waals surface area contributed by atoms with E-state index in [1.807, 2.05) is 6.07 Å². The third-order valence-corrected chi connectivity index (χ3v) is 4.54. The zero-order valence-electron chi connectivity index (χ0n) is 11.4. The molecule has 2 heterocycles. The molecule has 1 aromatic heterocycles. The lowest BCUT2D eigenvalue weighted by atomic mass is 10.0. The largest absolute Gasteiger partial charge is 0.381 e. The maximum atomic E-state index is 11.3. The molecule has 7 heteroatoms. The van der Waals surface area contributed by atoms with Gasteiger partial charge in [-0.05, 0) is 40.8 Å². The second-order valence-electron chi connectivity index (χ2n) is 5.21.